The van der Waals surface area contributed by atoms with Crippen molar-refractivity contribution in [3.8, 4) is 67.9 Å². The Labute approximate surface area is 504 Å². The molecule has 84 heavy (non-hydrogen) atoms. The van der Waals surface area contributed by atoms with Gasteiger partial charge in [0.25, 0.3) is 0 Å². The maximum Gasteiger partial charge on any atom is 2.00 e. The molecular weight excluding hydrogens is 1210 g/mol. The largest absolute Gasteiger partial charge is 2.00 e. The molecule has 0 aliphatic heterocycles. The summed E-state index contributed by atoms with van der Waals surface area (Å²) in [6.45, 7) is 20.3. The van der Waals surface area contributed by atoms with Crippen LogP contribution in [0.3, 0.4) is 0 Å². The number of para-hydroxylation sites is 4. The zero-order valence-corrected chi connectivity index (χ0v) is 50.9. The van der Waals surface area contributed by atoms with E-state index in [0.717, 1.165) is 82.8 Å². The minimum absolute atomic E-state index is 0. The Kier molecular flexibility index (Phi) is 14.0. The topological polar surface area (TPSA) is 70.9 Å². The summed E-state index contributed by atoms with van der Waals surface area (Å²) < 4.78 is 19.1. The number of aryl methyl sites for hydroxylation is 1. The van der Waals surface area contributed by atoms with Crippen molar-refractivity contribution < 1.29 is 30.2 Å². The molecule has 0 spiro atoms. The Morgan fingerprint density at radius 3 is 1.51 bits per heavy atom. The van der Waals surface area contributed by atoms with Crippen LogP contribution in [0.25, 0.3) is 122 Å². The molecule has 14 rings (SSSR count). The maximum atomic E-state index is 7.22. The van der Waals surface area contributed by atoms with Gasteiger partial charge in [-0.05, 0) is 140 Å². The second-order valence-electron chi connectivity index (χ2n) is 23.3. The first kappa shape index (κ1) is 54.4. The standard InChI is InChI=1S/C76H63N5O2.Pt/c1-44(2)59-38-53(49-23-12-10-13-24-49)39-60(45(3)4)71(59)80-67-33-20-18-31-65(67)78-74(80)52-28-22-29-55(37-52)82-56-42-63-70-69-57(36-35-51-27-16-17-30-58(51)69)48(9)77-76(70)83-73(63)64(43-56)75-79-66-32-19-21-34-68(66)81(75)72-61(46(5)6)40-54(41-62(72)47(7)8)50-25-14-11-15-26-50;/h10-36,38-42,44-47H,1-9H3;/q-2;+2. The normalized spacial score (nSPS) is 12.0. The summed E-state index contributed by atoms with van der Waals surface area (Å²) in [7, 11) is 0. The molecule has 10 aromatic carbocycles. The summed E-state index contributed by atoms with van der Waals surface area (Å²) in [5, 5.41) is 6.15. The summed E-state index contributed by atoms with van der Waals surface area (Å²) in [5.41, 5.74) is 19.2. The Morgan fingerprint density at radius 2 is 0.940 bits per heavy atom. The molecule has 414 valence electrons. The van der Waals surface area contributed by atoms with Crippen LogP contribution in [0.15, 0.2) is 199 Å². The Bertz CT molecular complexity index is 4800. The van der Waals surface area contributed by atoms with E-state index in [1.54, 1.807) is 0 Å². The van der Waals surface area contributed by atoms with Crippen molar-refractivity contribution in [2.75, 3.05) is 0 Å². The third-order valence-electron chi connectivity index (χ3n) is 16.6. The van der Waals surface area contributed by atoms with Crippen LogP contribution in [0.5, 0.6) is 11.5 Å². The number of nitrogens with zero attached hydrogens (tertiary/aromatic N) is 5. The van der Waals surface area contributed by atoms with Crippen molar-refractivity contribution >= 4 is 65.7 Å². The third kappa shape index (κ3) is 9.21. The number of fused-ring (bicyclic) bond motifs is 9. The van der Waals surface area contributed by atoms with Crippen LogP contribution < -0.4 is 4.74 Å². The van der Waals surface area contributed by atoms with Gasteiger partial charge in [0.05, 0.1) is 39.3 Å². The van der Waals surface area contributed by atoms with E-state index in [0.29, 0.717) is 34.2 Å². The molecule has 4 heterocycles. The van der Waals surface area contributed by atoms with Gasteiger partial charge in [-0.1, -0.05) is 200 Å². The fourth-order valence-corrected chi connectivity index (χ4v) is 12.5. The predicted molar refractivity (Wildman–Crippen MR) is 343 cm³/mol. The van der Waals surface area contributed by atoms with Crippen molar-refractivity contribution in [3.05, 3.63) is 234 Å². The van der Waals surface area contributed by atoms with Crippen LogP contribution in [0, 0.1) is 19.1 Å². The average Bonchev–Trinajstić information content (AvgIpc) is 1.81. The zero-order valence-electron chi connectivity index (χ0n) is 48.7. The number of furan rings is 1. The van der Waals surface area contributed by atoms with Gasteiger partial charge < -0.3 is 18.3 Å². The van der Waals surface area contributed by atoms with Crippen LogP contribution in [0.4, 0.5) is 0 Å². The first-order valence-corrected chi connectivity index (χ1v) is 29.1. The van der Waals surface area contributed by atoms with Gasteiger partial charge in [0.15, 0.2) is 0 Å². The molecule has 7 nitrogen and oxygen atoms in total. The molecule has 0 amide bonds. The number of imidazole rings is 2. The van der Waals surface area contributed by atoms with Crippen molar-refractivity contribution in [1.82, 2.24) is 24.1 Å². The minimum Gasteiger partial charge on any atom is -0.497 e. The molecule has 0 unspecified atom stereocenters. The first-order chi connectivity index (χ1) is 40.4. The zero-order chi connectivity index (χ0) is 56.8. The number of ether oxygens (including phenoxy) is 1. The van der Waals surface area contributed by atoms with E-state index >= 15 is 0 Å². The number of hydrogen-bond acceptors (Lipinski definition) is 5. The van der Waals surface area contributed by atoms with Gasteiger partial charge in [-0.2, -0.15) is 0 Å². The Hall–Kier alpha value is -8.90. The van der Waals surface area contributed by atoms with E-state index in [-0.39, 0.29) is 44.7 Å². The van der Waals surface area contributed by atoms with E-state index in [2.05, 4.69) is 266 Å². The molecule has 0 radical (unpaired) electrons. The summed E-state index contributed by atoms with van der Waals surface area (Å²) in [6.07, 6.45) is 0. The van der Waals surface area contributed by atoms with Crippen LogP contribution >= 0.6 is 0 Å². The van der Waals surface area contributed by atoms with Crippen molar-refractivity contribution in [3.63, 3.8) is 0 Å². The minimum atomic E-state index is 0. The third-order valence-corrected chi connectivity index (χ3v) is 16.6. The Morgan fingerprint density at radius 1 is 0.429 bits per heavy atom. The monoisotopic (exact) mass is 1270 g/mol. The summed E-state index contributed by atoms with van der Waals surface area (Å²) >= 11 is 0. The van der Waals surface area contributed by atoms with Gasteiger partial charge in [0, 0.05) is 44.7 Å². The molecule has 0 aliphatic carbocycles. The van der Waals surface area contributed by atoms with Crippen LogP contribution in [0.2, 0.25) is 0 Å². The number of aromatic nitrogens is 5. The quantitative estimate of drug-likeness (QED) is 0.0900. The molecule has 14 aromatic rings. The van der Waals surface area contributed by atoms with Crippen molar-refractivity contribution in [2.24, 2.45) is 0 Å². The van der Waals surface area contributed by atoms with Crippen LogP contribution in [-0.4, -0.2) is 24.1 Å². The van der Waals surface area contributed by atoms with Crippen LogP contribution in [-0.2, 0) is 21.1 Å². The number of pyridine rings is 1. The summed E-state index contributed by atoms with van der Waals surface area (Å²) in [5.74, 6) is 3.22. The molecular formula is C76H63N5O2Pt. The van der Waals surface area contributed by atoms with E-state index in [1.165, 1.54) is 44.5 Å². The smallest absolute Gasteiger partial charge is 0.497 e. The SMILES string of the molecule is Cc1nc2oc3c(-c4nc5ccccc5n4-c4c(C(C)C)cc(-c5ccccc5)cc4C(C)C)[c-]c(Oc4[c-]c(-c5nc6ccccc6n5-c5c(C(C)C)cc(-c6ccccc6)cc5C(C)C)ccc4)cc3c2c2c1ccc1ccccc12.[Pt+2]. The van der Waals surface area contributed by atoms with Gasteiger partial charge >= 0.3 is 21.1 Å². The van der Waals surface area contributed by atoms with E-state index in [4.69, 9.17) is 24.1 Å². The molecule has 0 aliphatic rings. The molecule has 0 atom stereocenters. The molecule has 0 saturated heterocycles. The van der Waals surface area contributed by atoms with Gasteiger partial charge in [-0.15, -0.1) is 23.8 Å². The average molecular weight is 1270 g/mol. The van der Waals surface area contributed by atoms with Gasteiger partial charge in [-0.3, -0.25) is 9.97 Å². The van der Waals surface area contributed by atoms with E-state index in [1.807, 2.05) is 12.1 Å². The molecule has 0 bridgehead atoms. The molecule has 4 aromatic heterocycles. The molecule has 0 fully saturated rings. The van der Waals surface area contributed by atoms with Crippen molar-refractivity contribution in [1.29, 1.82) is 0 Å². The summed E-state index contributed by atoms with van der Waals surface area (Å²) in [4.78, 5) is 16.2. The molecule has 8 heteroatoms. The van der Waals surface area contributed by atoms with Gasteiger partial charge in [0.1, 0.15) is 0 Å². The summed E-state index contributed by atoms with van der Waals surface area (Å²) in [6, 6.07) is 76.4. The fourth-order valence-electron chi connectivity index (χ4n) is 12.5. The Balaban J connectivity index is 0.00000658. The molecule has 0 saturated carbocycles. The van der Waals surface area contributed by atoms with E-state index < -0.39 is 0 Å². The van der Waals surface area contributed by atoms with Gasteiger partial charge in [0.2, 0.25) is 5.71 Å². The van der Waals surface area contributed by atoms with Crippen LogP contribution in [0.1, 0.15) is 107 Å². The maximum absolute atomic E-state index is 7.22. The van der Waals surface area contributed by atoms with Gasteiger partial charge in [-0.25, -0.2) is 4.98 Å². The van der Waals surface area contributed by atoms with E-state index in [9.17, 15) is 0 Å². The number of rotatable bonds is 12. The predicted octanol–water partition coefficient (Wildman–Crippen LogP) is 20.8. The fraction of sp³-hybridized carbons (Fsp3) is 0.171. The first-order valence-electron chi connectivity index (χ1n) is 29.1. The van der Waals surface area contributed by atoms with Crippen molar-refractivity contribution in [2.45, 2.75) is 86.0 Å². The second-order valence-corrected chi connectivity index (χ2v) is 23.3. The molecule has 0 N–H and O–H groups in total. The number of hydrogen-bond donors (Lipinski definition) is 0. The number of benzene rings is 10. The second kappa shape index (κ2) is 21.7.